The van der Waals surface area contributed by atoms with E-state index in [9.17, 15) is 0 Å². The first-order valence-electron chi connectivity index (χ1n) is 19.1. The molecule has 0 fully saturated rings. The van der Waals surface area contributed by atoms with Crippen molar-refractivity contribution in [1.82, 2.24) is 0 Å². The molecule has 1 heteroatoms. The molecule has 0 amide bonds. The summed E-state index contributed by atoms with van der Waals surface area (Å²) in [5.74, 6) is 0. The number of rotatable bonds is 3. The number of furan rings is 1. The number of hydrogen-bond donors (Lipinski definition) is 0. The van der Waals surface area contributed by atoms with Crippen LogP contribution in [0.1, 0.15) is 0 Å². The third kappa shape index (κ3) is 4.07. The minimum atomic E-state index is 0.906. The number of hydrogen-bond acceptors (Lipinski definition) is 1. The molecular weight excluding hydrogens is 665 g/mol. The number of fused-ring (bicyclic) bond motifs is 4. The van der Waals surface area contributed by atoms with E-state index in [0.29, 0.717) is 0 Å². The molecule has 252 valence electrons. The van der Waals surface area contributed by atoms with Gasteiger partial charge in [-0.25, -0.2) is 0 Å². The van der Waals surface area contributed by atoms with Crippen molar-refractivity contribution in [2.45, 2.75) is 0 Å². The first-order valence-corrected chi connectivity index (χ1v) is 19.1. The molecule has 0 spiro atoms. The predicted molar refractivity (Wildman–Crippen MR) is 235 cm³/mol. The zero-order chi connectivity index (χ0) is 35.8. The van der Waals surface area contributed by atoms with E-state index in [1.54, 1.807) is 0 Å². The summed E-state index contributed by atoms with van der Waals surface area (Å²) in [5, 5.41) is 20.2. The monoisotopic (exact) mass is 694 g/mol. The topological polar surface area (TPSA) is 13.1 Å². The van der Waals surface area contributed by atoms with E-state index >= 15 is 0 Å². The van der Waals surface area contributed by atoms with E-state index in [1.165, 1.54) is 109 Å². The van der Waals surface area contributed by atoms with Crippen LogP contribution >= 0.6 is 0 Å². The molecule has 12 aromatic carbocycles. The minimum absolute atomic E-state index is 0.906. The molecule has 1 heterocycles. The van der Waals surface area contributed by atoms with Gasteiger partial charge in [0.1, 0.15) is 11.2 Å². The Morgan fingerprint density at radius 2 is 0.764 bits per heavy atom. The fourth-order valence-corrected chi connectivity index (χ4v) is 9.79. The molecular formula is C54H30O. The van der Waals surface area contributed by atoms with Crippen LogP contribution in [0.5, 0.6) is 0 Å². The van der Waals surface area contributed by atoms with Gasteiger partial charge in [0.2, 0.25) is 0 Å². The van der Waals surface area contributed by atoms with Gasteiger partial charge >= 0.3 is 0 Å². The molecule has 0 bridgehead atoms. The van der Waals surface area contributed by atoms with Crippen LogP contribution in [0.25, 0.3) is 131 Å². The van der Waals surface area contributed by atoms with Gasteiger partial charge in [0.15, 0.2) is 0 Å². The second-order valence-corrected chi connectivity index (χ2v) is 15.2. The SMILES string of the molecule is c1ccc2cc3c(cc2c1)oc1ccc(-c2ccc(-c4ccc5ccc6cccc7ccc4c5c67)cc2-c2cc4cccc5ccc6cccc2c6c54)cc13. The maximum atomic E-state index is 6.46. The van der Waals surface area contributed by atoms with E-state index in [1.807, 2.05) is 0 Å². The molecule has 0 aliphatic heterocycles. The maximum Gasteiger partial charge on any atom is 0.136 e. The highest BCUT2D eigenvalue weighted by molar-refractivity contribution is 6.28. The Bertz CT molecular complexity index is 3700. The molecule has 0 saturated heterocycles. The lowest BCUT2D eigenvalue weighted by Gasteiger charge is -2.19. The van der Waals surface area contributed by atoms with E-state index in [0.717, 1.165) is 21.9 Å². The maximum absolute atomic E-state index is 6.46. The van der Waals surface area contributed by atoms with Crippen LogP contribution in [-0.2, 0) is 0 Å². The fourth-order valence-electron chi connectivity index (χ4n) is 9.79. The van der Waals surface area contributed by atoms with Gasteiger partial charge in [-0.3, -0.25) is 0 Å². The first-order chi connectivity index (χ1) is 27.2. The lowest BCUT2D eigenvalue weighted by molar-refractivity contribution is 0.669. The van der Waals surface area contributed by atoms with Gasteiger partial charge in [-0.1, -0.05) is 146 Å². The Labute approximate surface area is 315 Å². The average Bonchev–Trinajstić information content (AvgIpc) is 3.60. The molecule has 0 atom stereocenters. The van der Waals surface area contributed by atoms with Crippen LogP contribution in [0.4, 0.5) is 0 Å². The minimum Gasteiger partial charge on any atom is -0.456 e. The van der Waals surface area contributed by atoms with Crippen molar-refractivity contribution in [1.29, 1.82) is 0 Å². The lowest BCUT2D eigenvalue weighted by Crippen LogP contribution is -1.92. The van der Waals surface area contributed by atoms with Crippen molar-refractivity contribution in [3.63, 3.8) is 0 Å². The van der Waals surface area contributed by atoms with E-state index in [-0.39, 0.29) is 0 Å². The predicted octanol–water partition coefficient (Wildman–Crippen LogP) is 15.5. The van der Waals surface area contributed by atoms with Gasteiger partial charge in [0.25, 0.3) is 0 Å². The van der Waals surface area contributed by atoms with Gasteiger partial charge in [-0.15, -0.1) is 0 Å². The van der Waals surface area contributed by atoms with Gasteiger partial charge in [-0.2, -0.15) is 0 Å². The molecule has 0 N–H and O–H groups in total. The van der Waals surface area contributed by atoms with E-state index in [2.05, 4.69) is 182 Å². The molecule has 0 radical (unpaired) electrons. The van der Waals surface area contributed by atoms with Crippen molar-refractivity contribution >= 4 is 97.3 Å². The molecule has 0 aliphatic rings. The van der Waals surface area contributed by atoms with Gasteiger partial charge in [-0.05, 0) is 145 Å². The molecule has 1 aromatic heterocycles. The molecule has 13 aromatic rings. The largest absolute Gasteiger partial charge is 0.456 e. The van der Waals surface area contributed by atoms with Crippen LogP contribution in [0.3, 0.4) is 0 Å². The van der Waals surface area contributed by atoms with Crippen molar-refractivity contribution in [2.24, 2.45) is 0 Å². The Morgan fingerprint density at radius 3 is 1.55 bits per heavy atom. The van der Waals surface area contributed by atoms with E-state index in [4.69, 9.17) is 4.42 Å². The summed E-state index contributed by atoms with van der Waals surface area (Å²) < 4.78 is 6.46. The van der Waals surface area contributed by atoms with Crippen LogP contribution in [0.2, 0.25) is 0 Å². The normalized spacial score (nSPS) is 12.4. The highest BCUT2D eigenvalue weighted by atomic mass is 16.3. The highest BCUT2D eigenvalue weighted by Crippen LogP contribution is 2.47. The van der Waals surface area contributed by atoms with Crippen LogP contribution < -0.4 is 0 Å². The third-order valence-electron chi connectivity index (χ3n) is 12.3. The van der Waals surface area contributed by atoms with Gasteiger partial charge < -0.3 is 4.42 Å². The zero-order valence-corrected chi connectivity index (χ0v) is 29.7. The molecule has 13 rings (SSSR count). The van der Waals surface area contributed by atoms with Crippen LogP contribution in [0, 0.1) is 0 Å². The summed E-state index contributed by atoms with van der Waals surface area (Å²) in [6, 6.07) is 67.7. The standard InChI is InChI=1S/C54H30O/c1-2-7-37-30-50-48(26-36(37)6-1)47-28-39(21-25-49(47)55-50)42-23-20-38(41-22-18-35-17-15-31-8-3-9-33-19-24-44(41)54(35)51(31)33)27-45(42)46-29-40-12-4-10-32-14-16-34-11-5-13-43(46)53(34)52(32)40/h1-30H. The van der Waals surface area contributed by atoms with Crippen LogP contribution in [0.15, 0.2) is 186 Å². The van der Waals surface area contributed by atoms with Gasteiger partial charge in [0.05, 0.1) is 0 Å². The summed E-state index contributed by atoms with van der Waals surface area (Å²) in [5.41, 5.74) is 9.12. The summed E-state index contributed by atoms with van der Waals surface area (Å²) in [7, 11) is 0. The third-order valence-corrected chi connectivity index (χ3v) is 12.3. The van der Waals surface area contributed by atoms with E-state index < -0.39 is 0 Å². The summed E-state index contributed by atoms with van der Waals surface area (Å²) in [6.45, 7) is 0. The second-order valence-electron chi connectivity index (χ2n) is 15.2. The Morgan fingerprint density at radius 1 is 0.236 bits per heavy atom. The smallest absolute Gasteiger partial charge is 0.136 e. The van der Waals surface area contributed by atoms with Crippen molar-refractivity contribution in [2.75, 3.05) is 0 Å². The van der Waals surface area contributed by atoms with Crippen LogP contribution in [-0.4, -0.2) is 0 Å². The molecule has 1 nitrogen and oxygen atoms in total. The molecule has 0 unspecified atom stereocenters. The Hall–Kier alpha value is -7.22. The lowest BCUT2D eigenvalue weighted by atomic mass is 9.84. The zero-order valence-electron chi connectivity index (χ0n) is 29.7. The Kier molecular flexibility index (Phi) is 5.69. The molecule has 0 saturated carbocycles. The summed E-state index contributed by atoms with van der Waals surface area (Å²) >= 11 is 0. The fraction of sp³-hybridized carbons (Fsp3) is 0. The average molecular weight is 695 g/mol. The van der Waals surface area contributed by atoms with Crippen molar-refractivity contribution < 1.29 is 4.42 Å². The highest BCUT2D eigenvalue weighted by Gasteiger charge is 2.20. The Balaban J connectivity index is 1.12. The summed E-state index contributed by atoms with van der Waals surface area (Å²) in [4.78, 5) is 0. The summed E-state index contributed by atoms with van der Waals surface area (Å²) in [6.07, 6.45) is 0. The molecule has 55 heavy (non-hydrogen) atoms. The number of benzene rings is 12. The van der Waals surface area contributed by atoms with Crippen molar-refractivity contribution in [3.8, 4) is 33.4 Å². The van der Waals surface area contributed by atoms with Gasteiger partial charge in [0, 0.05) is 10.8 Å². The first kappa shape index (κ1) is 29.3. The second kappa shape index (κ2) is 10.7. The quantitative estimate of drug-likeness (QED) is 0.168. The van der Waals surface area contributed by atoms with Crippen molar-refractivity contribution in [3.05, 3.63) is 182 Å². The molecule has 0 aliphatic carbocycles.